The molecule has 2 N–H and O–H groups in total. The maximum absolute atomic E-state index is 5.44. The Hall–Kier alpha value is -2.01. The summed E-state index contributed by atoms with van der Waals surface area (Å²) < 4.78 is 15.4. The van der Waals surface area contributed by atoms with Gasteiger partial charge in [0.2, 0.25) is 0 Å². The second-order valence-corrected chi connectivity index (χ2v) is 3.11. The van der Waals surface area contributed by atoms with Crippen molar-refractivity contribution in [1.82, 2.24) is 5.16 Å². The molecule has 0 aliphatic heterocycles. The highest BCUT2D eigenvalue weighted by molar-refractivity contribution is 5.33. The van der Waals surface area contributed by atoms with Gasteiger partial charge in [0, 0.05) is 6.07 Å². The normalized spacial score (nSPS) is 10.1. The molecule has 84 valence electrons. The smallest absolute Gasteiger partial charge is 0.259 e. The van der Waals surface area contributed by atoms with E-state index in [1.54, 1.807) is 37.4 Å². The number of methoxy groups -OCH3 is 1. The second-order valence-electron chi connectivity index (χ2n) is 3.11. The highest BCUT2D eigenvalue weighted by atomic mass is 16.5. The van der Waals surface area contributed by atoms with Crippen LogP contribution in [-0.4, -0.2) is 12.3 Å². The monoisotopic (exact) mass is 220 g/mol. The van der Waals surface area contributed by atoms with E-state index < -0.39 is 0 Å². The molecule has 1 heterocycles. The van der Waals surface area contributed by atoms with Gasteiger partial charge in [0.05, 0.1) is 13.7 Å². The Kier molecular flexibility index (Phi) is 3.07. The van der Waals surface area contributed by atoms with Gasteiger partial charge < -0.3 is 19.7 Å². The molecule has 5 heteroatoms. The fourth-order valence-electron chi connectivity index (χ4n) is 1.20. The van der Waals surface area contributed by atoms with Gasteiger partial charge in [0.15, 0.2) is 5.76 Å². The predicted molar refractivity (Wildman–Crippen MR) is 57.5 cm³/mol. The topological polar surface area (TPSA) is 70.5 Å². The highest BCUT2D eigenvalue weighted by Crippen LogP contribution is 2.23. The maximum Gasteiger partial charge on any atom is 0.259 e. The minimum absolute atomic E-state index is 0.305. The van der Waals surface area contributed by atoms with E-state index in [9.17, 15) is 0 Å². The molecule has 2 rings (SSSR count). The zero-order chi connectivity index (χ0) is 11.4. The molecule has 0 bridgehead atoms. The van der Waals surface area contributed by atoms with Crippen molar-refractivity contribution in [1.29, 1.82) is 0 Å². The van der Waals surface area contributed by atoms with Gasteiger partial charge in [-0.3, -0.25) is 0 Å². The van der Waals surface area contributed by atoms with Gasteiger partial charge in [-0.1, -0.05) is 0 Å². The lowest BCUT2D eigenvalue weighted by Crippen LogP contribution is -1.92. The molecule has 0 spiro atoms. The summed E-state index contributed by atoms with van der Waals surface area (Å²) in [6.07, 6.45) is 0. The number of rotatable bonds is 4. The van der Waals surface area contributed by atoms with Crippen molar-refractivity contribution in [2.75, 3.05) is 7.11 Å². The Balaban J connectivity index is 2.08. The minimum Gasteiger partial charge on any atom is -0.497 e. The first-order chi connectivity index (χ1) is 7.81. The third kappa shape index (κ3) is 2.32. The van der Waals surface area contributed by atoms with Crippen LogP contribution in [0.1, 0.15) is 5.76 Å². The van der Waals surface area contributed by atoms with Crippen molar-refractivity contribution < 1.29 is 14.0 Å². The van der Waals surface area contributed by atoms with E-state index >= 15 is 0 Å². The van der Waals surface area contributed by atoms with Gasteiger partial charge in [-0.15, -0.1) is 0 Å². The molecule has 0 radical (unpaired) electrons. The van der Waals surface area contributed by atoms with E-state index in [2.05, 4.69) is 5.16 Å². The molecule has 0 saturated heterocycles. The first-order valence-electron chi connectivity index (χ1n) is 4.79. The standard InChI is InChI=1S/C11H12N2O3/c1-14-8-2-4-9(5-3-8)15-11-6-10(7-12)16-13-11/h2-6H,7,12H2,1H3. The minimum atomic E-state index is 0.305. The van der Waals surface area contributed by atoms with Gasteiger partial charge in [0.25, 0.3) is 5.88 Å². The molecular formula is C11H12N2O3. The molecule has 2 aromatic rings. The molecule has 0 fully saturated rings. The molecule has 0 atom stereocenters. The van der Waals surface area contributed by atoms with Gasteiger partial charge in [-0.2, -0.15) is 0 Å². The average Bonchev–Trinajstić information content (AvgIpc) is 2.78. The summed E-state index contributed by atoms with van der Waals surface area (Å²) in [5.74, 6) is 2.42. The lowest BCUT2D eigenvalue weighted by atomic mass is 10.3. The van der Waals surface area contributed by atoms with Crippen molar-refractivity contribution in [3.63, 3.8) is 0 Å². The van der Waals surface area contributed by atoms with E-state index in [4.69, 9.17) is 19.7 Å². The van der Waals surface area contributed by atoms with Crippen LogP contribution in [-0.2, 0) is 6.54 Å². The largest absolute Gasteiger partial charge is 0.497 e. The maximum atomic E-state index is 5.44. The van der Waals surface area contributed by atoms with E-state index in [0.717, 1.165) is 5.75 Å². The first kappa shape index (κ1) is 10.5. The van der Waals surface area contributed by atoms with E-state index in [1.165, 1.54) is 0 Å². The molecular weight excluding hydrogens is 208 g/mol. The zero-order valence-electron chi connectivity index (χ0n) is 8.84. The molecule has 5 nitrogen and oxygen atoms in total. The zero-order valence-corrected chi connectivity index (χ0v) is 8.84. The fourth-order valence-corrected chi connectivity index (χ4v) is 1.20. The van der Waals surface area contributed by atoms with Crippen molar-refractivity contribution >= 4 is 0 Å². The van der Waals surface area contributed by atoms with E-state index in [-0.39, 0.29) is 0 Å². The fraction of sp³-hybridized carbons (Fsp3) is 0.182. The summed E-state index contributed by atoms with van der Waals surface area (Å²) in [4.78, 5) is 0. The van der Waals surface area contributed by atoms with Crippen LogP contribution in [0.4, 0.5) is 0 Å². The average molecular weight is 220 g/mol. The summed E-state index contributed by atoms with van der Waals surface area (Å²) in [7, 11) is 1.61. The van der Waals surface area contributed by atoms with E-state index in [0.29, 0.717) is 23.9 Å². The number of hydrogen-bond acceptors (Lipinski definition) is 5. The van der Waals surface area contributed by atoms with Gasteiger partial charge in [0.1, 0.15) is 11.5 Å². The SMILES string of the molecule is COc1ccc(Oc2cc(CN)on2)cc1. The van der Waals surface area contributed by atoms with Gasteiger partial charge >= 0.3 is 0 Å². The molecule has 0 aliphatic carbocycles. The number of nitrogens with two attached hydrogens (primary N) is 1. The number of aromatic nitrogens is 1. The summed E-state index contributed by atoms with van der Waals surface area (Å²) in [6.45, 7) is 0.305. The first-order valence-corrected chi connectivity index (χ1v) is 4.79. The van der Waals surface area contributed by atoms with Crippen molar-refractivity contribution in [2.24, 2.45) is 5.73 Å². The van der Waals surface area contributed by atoms with Crippen LogP contribution in [0.5, 0.6) is 17.4 Å². The van der Waals surface area contributed by atoms with Crippen molar-refractivity contribution in [3.05, 3.63) is 36.1 Å². The van der Waals surface area contributed by atoms with Gasteiger partial charge in [-0.05, 0) is 29.4 Å². The Labute approximate surface area is 92.8 Å². The number of hydrogen-bond donors (Lipinski definition) is 1. The third-order valence-electron chi connectivity index (χ3n) is 2.02. The van der Waals surface area contributed by atoms with Crippen molar-refractivity contribution in [2.45, 2.75) is 6.54 Å². The molecule has 1 aromatic heterocycles. The third-order valence-corrected chi connectivity index (χ3v) is 2.02. The Morgan fingerprint density at radius 1 is 1.25 bits per heavy atom. The Morgan fingerprint density at radius 3 is 2.50 bits per heavy atom. The van der Waals surface area contributed by atoms with Crippen LogP contribution in [0.2, 0.25) is 0 Å². The van der Waals surface area contributed by atoms with Crippen LogP contribution < -0.4 is 15.2 Å². The molecule has 16 heavy (non-hydrogen) atoms. The lowest BCUT2D eigenvalue weighted by molar-refractivity contribution is 0.347. The molecule has 1 aromatic carbocycles. The summed E-state index contributed by atoms with van der Waals surface area (Å²) in [5.41, 5.74) is 5.39. The second kappa shape index (κ2) is 4.67. The quantitative estimate of drug-likeness (QED) is 0.852. The van der Waals surface area contributed by atoms with Crippen LogP contribution in [0.3, 0.4) is 0 Å². The number of nitrogens with zero attached hydrogens (tertiary/aromatic N) is 1. The summed E-state index contributed by atoms with van der Waals surface area (Å²) in [5, 5.41) is 3.72. The predicted octanol–water partition coefficient (Wildman–Crippen LogP) is 1.93. The van der Waals surface area contributed by atoms with Crippen LogP contribution in [0, 0.1) is 0 Å². The molecule has 0 unspecified atom stereocenters. The summed E-state index contributed by atoms with van der Waals surface area (Å²) in [6, 6.07) is 8.84. The van der Waals surface area contributed by atoms with Gasteiger partial charge in [-0.25, -0.2) is 0 Å². The van der Waals surface area contributed by atoms with Crippen molar-refractivity contribution in [3.8, 4) is 17.4 Å². The lowest BCUT2D eigenvalue weighted by Gasteiger charge is -2.02. The van der Waals surface area contributed by atoms with Crippen LogP contribution in [0.25, 0.3) is 0 Å². The summed E-state index contributed by atoms with van der Waals surface area (Å²) >= 11 is 0. The Bertz CT molecular complexity index is 451. The van der Waals surface area contributed by atoms with E-state index in [1.807, 2.05) is 0 Å². The van der Waals surface area contributed by atoms with Crippen LogP contribution >= 0.6 is 0 Å². The molecule has 0 saturated carbocycles. The Morgan fingerprint density at radius 2 is 1.94 bits per heavy atom. The number of ether oxygens (including phenoxy) is 2. The molecule has 0 aliphatic rings. The molecule has 0 amide bonds. The number of benzene rings is 1. The van der Waals surface area contributed by atoms with Crippen LogP contribution in [0.15, 0.2) is 34.9 Å². The highest BCUT2D eigenvalue weighted by Gasteiger charge is 2.04.